The van der Waals surface area contributed by atoms with Crippen molar-refractivity contribution in [2.75, 3.05) is 11.9 Å². The van der Waals surface area contributed by atoms with Crippen LogP contribution in [0.2, 0.25) is 0 Å². The molecule has 0 saturated carbocycles. The molecule has 1 atom stereocenters. The van der Waals surface area contributed by atoms with Crippen LogP contribution in [0.25, 0.3) is 0 Å². The van der Waals surface area contributed by atoms with Gasteiger partial charge < -0.3 is 16.2 Å². The summed E-state index contributed by atoms with van der Waals surface area (Å²) in [6.07, 6.45) is -4.39. The van der Waals surface area contributed by atoms with E-state index in [2.05, 4.69) is 5.32 Å². The zero-order valence-electron chi connectivity index (χ0n) is 9.58. The van der Waals surface area contributed by atoms with E-state index >= 15 is 0 Å². The van der Waals surface area contributed by atoms with Gasteiger partial charge in [0.15, 0.2) is 0 Å². The number of anilines is 1. The van der Waals surface area contributed by atoms with Gasteiger partial charge in [-0.2, -0.15) is 13.2 Å². The second-order valence-corrected chi connectivity index (χ2v) is 4.15. The van der Waals surface area contributed by atoms with Gasteiger partial charge in [-0.1, -0.05) is 0 Å². The third kappa shape index (κ3) is 3.63. The quantitative estimate of drug-likeness (QED) is 0.775. The number of rotatable bonds is 4. The lowest BCUT2D eigenvalue weighted by molar-refractivity contribution is -0.142. The van der Waals surface area contributed by atoms with E-state index in [1.807, 2.05) is 0 Å². The molecule has 0 aliphatic carbocycles. The summed E-state index contributed by atoms with van der Waals surface area (Å²) in [5.74, 6) is -1.19. The van der Waals surface area contributed by atoms with Crippen molar-refractivity contribution in [3.8, 4) is 0 Å². The van der Waals surface area contributed by atoms with Crippen LogP contribution in [0.1, 0.15) is 12.5 Å². The Morgan fingerprint density at radius 3 is 2.22 bits per heavy atom. The number of carboxylic acid groups (broad SMARTS) is 1. The lowest BCUT2D eigenvalue weighted by Gasteiger charge is -2.20. The van der Waals surface area contributed by atoms with Crippen LogP contribution >= 0.6 is 0 Å². The molecule has 0 spiro atoms. The Labute approximate surface area is 102 Å². The maximum atomic E-state index is 12.3. The Bertz CT molecular complexity index is 427. The number of alkyl halides is 3. The summed E-state index contributed by atoms with van der Waals surface area (Å²) < 4.78 is 36.8. The summed E-state index contributed by atoms with van der Waals surface area (Å²) in [6.45, 7) is 1.22. The average Bonchev–Trinajstić information content (AvgIpc) is 2.25. The molecule has 1 aromatic rings. The molecule has 100 valence electrons. The first-order valence-corrected chi connectivity index (χ1v) is 5.06. The molecule has 0 saturated heterocycles. The molecule has 1 unspecified atom stereocenters. The molecule has 0 bridgehead atoms. The van der Waals surface area contributed by atoms with Crippen LogP contribution < -0.4 is 11.1 Å². The number of carboxylic acids is 1. The minimum absolute atomic E-state index is 0.0896. The van der Waals surface area contributed by atoms with Gasteiger partial charge in [0.2, 0.25) is 0 Å². The molecule has 0 aromatic heterocycles. The van der Waals surface area contributed by atoms with E-state index < -0.39 is 23.2 Å². The maximum absolute atomic E-state index is 12.3. The molecule has 0 heterocycles. The van der Waals surface area contributed by atoms with Crippen molar-refractivity contribution in [2.45, 2.75) is 18.6 Å². The highest BCUT2D eigenvalue weighted by Gasteiger charge is 2.30. The summed E-state index contributed by atoms with van der Waals surface area (Å²) in [5, 5.41) is 11.4. The molecule has 4 nitrogen and oxygen atoms in total. The average molecular weight is 262 g/mol. The lowest BCUT2D eigenvalue weighted by Crippen LogP contribution is -2.50. The number of aliphatic carboxylic acids is 1. The highest BCUT2D eigenvalue weighted by atomic mass is 19.4. The monoisotopic (exact) mass is 262 g/mol. The number of nitrogens with two attached hydrogens (primary N) is 1. The fourth-order valence-electron chi connectivity index (χ4n) is 1.14. The Hall–Kier alpha value is -1.76. The SMILES string of the molecule is CC(N)(CNc1ccc(C(F)(F)F)cc1)C(=O)O. The van der Waals surface area contributed by atoms with Crippen molar-refractivity contribution in [1.29, 1.82) is 0 Å². The molecule has 1 rings (SSSR count). The van der Waals surface area contributed by atoms with Crippen LogP contribution in [0.4, 0.5) is 18.9 Å². The highest BCUT2D eigenvalue weighted by Crippen LogP contribution is 2.29. The molecular formula is C11H13F3N2O2. The molecule has 0 aliphatic rings. The first kappa shape index (κ1) is 14.3. The predicted octanol–water partition coefficient (Wildman–Crippen LogP) is 1.92. The van der Waals surface area contributed by atoms with Crippen molar-refractivity contribution in [3.05, 3.63) is 29.8 Å². The molecule has 0 fully saturated rings. The maximum Gasteiger partial charge on any atom is 0.416 e. The van der Waals surface area contributed by atoms with Crippen LogP contribution in [0, 0.1) is 0 Å². The molecule has 0 amide bonds. The summed E-state index contributed by atoms with van der Waals surface area (Å²) >= 11 is 0. The predicted molar refractivity (Wildman–Crippen MR) is 60.2 cm³/mol. The molecule has 0 radical (unpaired) electrons. The second kappa shape index (κ2) is 4.85. The lowest BCUT2D eigenvalue weighted by atomic mass is 10.0. The topological polar surface area (TPSA) is 75.3 Å². The van der Waals surface area contributed by atoms with Crippen molar-refractivity contribution in [1.82, 2.24) is 0 Å². The van der Waals surface area contributed by atoms with E-state index in [9.17, 15) is 18.0 Å². The smallest absolute Gasteiger partial charge is 0.416 e. The largest absolute Gasteiger partial charge is 0.480 e. The zero-order chi connectivity index (χ0) is 14.0. The van der Waals surface area contributed by atoms with E-state index in [-0.39, 0.29) is 6.54 Å². The third-order valence-electron chi connectivity index (χ3n) is 2.36. The number of halogens is 3. The number of benzene rings is 1. The highest BCUT2D eigenvalue weighted by molar-refractivity contribution is 5.78. The molecular weight excluding hydrogens is 249 g/mol. The van der Waals surface area contributed by atoms with Gasteiger partial charge in [0.05, 0.1) is 5.56 Å². The Balaban J connectivity index is 2.68. The second-order valence-electron chi connectivity index (χ2n) is 4.15. The zero-order valence-corrected chi connectivity index (χ0v) is 9.58. The Kier molecular flexibility index (Phi) is 3.85. The standard InChI is InChI=1S/C11H13F3N2O2/c1-10(15,9(17)18)6-16-8-4-2-7(3-5-8)11(12,13)14/h2-5,16H,6,15H2,1H3,(H,17,18). The first-order valence-electron chi connectivity index (χ1n) is 5.06. The summed E-state index contributed by atoms with van der Waals surface area (Å²) in [4.78, 5) is 10.7. The van der Waals surface area contributed by atoms with Gasteiger partial charge >= 0.3 is 12.1 Å². The van der Waals surface area contributed by atoms with Crippen LogP contribution in [-0.4, -0.2) is 23.2 Å². The van der Waals surface area contributed by atoms with Gasteiger partial charge in [0.25, 0.3) is 0 Å². The van der Waals surface area contributed by atoms with E-state index in [0.29, 0.717) is 5.69 Å². The van der Waals surface area contributed by atoms with Crippen LogP contribution in [-0.2, 0) is 11.0 Å². The van der Waals surface area contributed by atoms with Crippen molar-refractivity contribution >= 4 is 11.7 Å². The van der Waals surface area contributed by atoms with Crippen molar-refractivity contribution < 1.29 is 23.1 Å². The van der Waals surface area contributed by atoms with Crippen molar-refractivity contribution in [3.63, 3.8) is 0 Å². The summed E-state index contributed by atoms with van der Waals surface area (Å²) in [7, 11) is 0. The van der Waals surface area contributed by atoms with Gasteiger partial charge in [-0.25, -0.2) is 0 Å². The third-order valence-corrected chi connectivity index (χ3v) is 2.36. The van der Waals surface area contributed by atoms with Crippen molar-refractivity contribution in [2.24, 2.45) is 5.73 Å². The molecule has 0 aliphatic heterocycles. The normalized spacial score (nSPS) is 14.9. The van der Waals surface area contributed by atoms with E-state index in [1.165, 1.54) is 19.1 Å². The van der Waals surface area contributed by atoms with Gasteiger partial charge in [0.1, 0.15) is 5.54 Å². The van der Waals surface area contributed by atoms with Gasteiger partial charge in [-0.05, 0) is 31.2 Å². The number of hydrogen-bond donors (Lipinski definition) is 3. The number of hydrogen-bond acceptors (Lipinski definition) is 3. The minimum atomic E-state index is -4.39. The van der Waals surface area contributed by atoms with E-state index in [0.717, 1.165) is 12.1 Å². The van der Waals surface area contributed by atoms with Gasteiger partial charge in [0, 0.05) is 12.2 Å². The first-order chi connectivity index (χ1) is 8.13. The van der Waals surface area contributed by atoms with Gasteiger partial charge in [-0.15, -0.1) is 0 Å². The molecule has 4 N–H and O–H groups in total. The molecule has 1 aromatic carbocycles. The summed E-state index contributed by atoms with van der Waals surface area (Å²) in [5.41, 5.74) is 3.59. The fourth-order valence-corrected chi connectivity index (χ4v) is 1.14. The van der Waals surface area contributed by atoms with Crippen LogP contribution in [0.3, 0.4) is 0 Å². The van der Waals surface area contributed by atoms with Gasteiger partial charge in [-0.3, -0.25) is 4.79 Å². The van der Waals surface area contributed by atoms with Crippen LogP contribution in [0.5, 0.6) is 0 Å². The number of nitrogens with one attached hydrogen (secondary N) is 1. The minimum Gasteiger partial charge on any atom is -0.480 e. The molecule has 18 heavy (non-hydrogen) atoms. The Morgan fingerprint density at radius 2 is 1.83 bits per heavy atom. The Morgan fingerprint density at radius 1 is 1.33 bits per heavy atom. The number of carbonyl (C=O) groups is 1. The fraction of sp³-hybridized carbons (Fsp3) is 0.364. The summed E-state index contributed by atoms with van der Waals surface area (Å²) in [6, 6.07) is 4.27. The van der Waals surface area contributed by atoms with E-state index in [1.54, 1.807) is 0 Å². The van der Waals surface area contributed by atoms with E-state index in [4.69, 9.17) is 10.8 Å². The molecule has 7 heteroatoms. The van der Waals surface area contributed by atoms with Crippen LogP contribution in [0.15, 0.2) is 24.3 Å².